The van der Waals surface area contributed by atoms with Gasteiger partial charge in [-0.3, -0.25) is 4.79 Å². The average molecular weight is 264 g/mol. The summed E-state index contributed by atoms with van der Waals surface area (Å²) in [6.07, 6.45) is 0. The molecule has 0 aliphatic carbocycles. The van der Waals surface area contributed by atoms with Gasteiger partial charge in [0, 0.05) is 5.33 Å². The molecule has 1 aromatic rings. The first kappa shape index (κ1) is 10.5. The fourth-order valence-corrected chi connectivity index (χ4v) is 1.26. The van der Waals surface area contributed by atoms with Crippen LogP contribution in [0.5, 0.6) is 5.75 Å². The van der Waals surface area contributed by atoms with Crippen LogP contribution in [0.2, 0.25) is 0 Å². The van der Waals surface area contributed by atoms with E-state index in [1.54, 1.807) is 6.07 Å². The maximum Gasteiger partial charge on any atom is 0.259 e. The first-order valence-electron chi connectivity index (χ1n) is 3.68. The predicted octanol–water partition coefficient (Wildman–Crippen LogP) is 2.73. The van der Waals surface area contributed by atoms with Crippen LogP contribution in [0.3, 0.4) is 0 Å². The lowest BCUT2D eigenvalue weighted by atomic mass is 10.2. The van der Waals surface area contributed by atoms with E-state index in [-0.39, 0.29) is 6.61 Å². The molecule has 0 radical (unpaired) electrons. The SMILES string of the molecule is O=C(Cl)COc1cccc(CBr)c1. The van der Waals surface area contributed by atoms with Gasteiger partial charge in [-0.05, 0) is 29.3 Å². The van der Waals surface area contributed by atoms with Crippen LogP contribution in [-0.2, 0) is 10.1 Å². The molecule has 70 valence electrons. The molecule has 0 aliphatic rings. The molecule has 0 spiro atoms. The molecule has 1 rings (SSSR count). The van der Waals surface area contributed by atoms with Crippen molar-refractivity contribution in [3.8, 4) is 5.75 Å². The van der Waals surface area contributed by atoms with Crippen molar-refractivity contribution >= 4 is 32.8 Å². The second-order valence-electron chi connectivity index (χ2n) is 2.42. The van der Waals surface area contributed by atoms with Gasteiger partial charge in [-0.25, -0.2) is 0 Å². The van der Waals surface area contributed by atoms with E-state index in [0.29, 0.717) is 5.75 Å². The fourth-order valence-electron chi connectivity index (χ4n) is 0.858. The zero-order chi connectivity index (χ0) is 9.68. The number of carbonyl (C=O) groups excluding carboxylic acids is 1. The maximum atomic E-state index is 10.4. The third kappa shape index (κ3) is 3.79. The Morgan fingerprint density at radius 1 is 1.54 bits per heavy atom. The number of alkyl halides is 1. The Labute approximate surface area is 90.0 Å². The van der Waals surface area contributed by atoms with Crippen molar-refractivity contribution in [1.82, 2.24) is 0 Å². The highest BCUT2D eigenvalue weighted by molar-refractivity contribution is 9.08. The Hall–Kier alpha value is -0.540. The highest BCUT2D eigenvalue weighted by atomic mass is 79.9. The summed E-state index contributed by atoms with van der Waals surface area (Å²) in [7, 11) is 0. The zero-order valence-electron chi connectivity index (χ0n) is 6.80. The summed E-state index contributed by atoms with van der Waals surface area (Å²) in [5, 5.41) is 0.267. The van der Waals surface area contributed by atoms with Crippen molar-refractivity contribution in [3.05, 3.63) is 29.8 Å². The van der Waals surface area contributed by atoms with Gasteiger partial charge in [-0.2, -0.15) is 0 Å². The Morgan fingerprint density at radius 3 is 2.92 bits per heavy atom. The number of hydrogen-bond donors (Lipinski definition) is 0. The lowest BCUT2D eigenvalue weighted by molar-refractivity contribution is -0.113. The number of carbonyl (C=O) groups is 1. The largest absolute Gasteiger partial charge is 0.484 e. The van der Waals surface area contributed by atoms with Gasteiger partial charge in [0.1, 0.15) is 5.75 Å². The van der Waals surface area contributed by atoms with Crippen molar-refractivity contribution in [3.63, 3.8) is 0 Å². The molecule has 0 atom stereocenters. The number of halogens is 2. The van der Waals surface area contributed by atoms with E-state index in [1.165, 1.54) is 0 Å². The molecule has 13 heavy (non-hydrogen) atoms. The zero-order valence-corrected chi connectivity index (χ0v) is 9.14. The molecule has 0 aliphatic heterocycles. The van der Waals surface area contributed by atoms with Gasteiger partial charge in [-0.15, -0.1) is 0 Å². The molecule has 0 saturated carbocycles. The molecular formula is C9H8BrClO2. The molecule has 0 saturated heterocycles. The third-order valence-corrected chi connectivity index (χ3v) is 2.16. The normalized spacial score (nSPS) is 9.69. The quantitative estimate of drug-likeness (QED) is 0.617. The van der Waals surface area contributed by atoms with Crippen molar-refractivity contribution in [2.75, 3.05) is 6.61 Å². The summed E-state index contributed by atoms with van der Waals surface area (Å²) in [6.45, 7) is -0.0900. The molecule has 0 amide bonds. The van der Waals surface area contributed by atoms with Gasteiger partial charge in [0.15, 0.2) is 6.61 Å². The van der Waals surface area contributed by atoms with E-state index < -0.39 is 5.24 Å². The molecule has 0 aromatic heterocycles. The van der Waals surface area contributed by atoms with Gasteiger partial charge in [0.05, 0.1) is 0 Å². The van der Waals surface area contributed by atoms with Crippen LogP contribution in [0.15, 0.2) is 24.3 Å². The Kier molecular flexibility index (Phi) is 4.25. The van der Waals surface area contributed by atoms with Gasteiger partial charge in [-0.1, -0.05) is 28.1 Å². The van der Waals surface area contributed by atoms with Crippen LogP contribution >= 0.6 is 27.5 Å². The number of rotatable bonds is 4. The van der Waals surface area contributed by atoms with E-state index in [2.05, 4.69) is 15.9 Å². The highest BCUT2D eigenvalue weighted by Gasteiger charge is 1.98. The lowest BCUT2D eigenvalue weighted by Crippen LogP contribution is -2.04. The van der Waals surface area contributed by atoms with E-state index in [0.717, 1.165) is 10.9 Å². The van der Waals surface area contributed by atoms with E-state index in [1.807, 2.05) is 18.2 Å². The Bertz CT molecular complexity index is 301. The molecule has 4 heteroatoms. The van der Waals surface area contributed by atoms with Crippen LogP contribution in [-0.4, -0.2) is 11.8 Å². The standard InChI is InChI=1S/C9H8BrClO2/c10-5-7-2-1-3-8(4-7)13-6-9(11)12/h1-4H,5-6H2. The summed E-state index contributed by atoms with van der Waals surface area (Å²) in [5.41, 5.74) is 1.10. The van der Waals surface area contributed by atoms with Gasteiger partial charge in [0.2, 0.25) is 0 Å². The molecule has 2 nitrogen and oxygen atoms in total. The molecule has 0 N–H and O–H groups in total. The monoisotopic (exact) mass is 262 g/mol. The Balaban J connectivity index is 2.61. The highest BCUT2D eigenvalue weighted by Crippen LogP contribution is 2.15. The second-order valence-corrected chi connectivity index (χ2v) is 3.41. The number of ether oxygens (including phenoxy) is 1. The predicted molar refractivity (Wildman–Crippen MR) is 55.4 cm³/mol. The molecule has 0 heterocycles. The topological polar surface area (TPSA) is 26.3 Å². The van der Waals surface area contributed by atoms with Crippen LogP contribution in [0.1, 0.15) is 5.56 Å². The van der Waals surface area contributed by atoms with E-state index >= 15 is 0 Å². The van der Waals surface area contributed by atoms with Crippen LogP contribution in [0.4, 0.5) is 0 Å². The minimum Gasteiger partial charge on any atom is -0.484 e. The number of benzene rings is 1. The summed E-state index contributed by atoms with van der Waals surface area (Å²) in [6, 6.07) is 7.47. The second kappa shape index (κ2) is 5.25. The molecule has 1 aromatic carbocycles. The molecule has 0 fully saturated rings. The molecular weight excluding hydrogens is 255 g/mol. The smallest absolute Gasteiger partial charge is 0.259 e. The molecule has 0 unspecified atom stereocenters. The van der Waals surface area contributed by atoms with Crippen molar-refractivity contribution in [1.29, 1.82) is 0 Å². The summed E-state index contributed by atoms with van der Waals surface area (Å²) >= 11 is 8.45. The van der Waals surface area contributed by atoms with Gasteiger partial charge < -0.3 is 4.74 Å². The fraction of sp³-hybridized carbons (Fsp3) is 0.222. The summed E-state index contributed by atoms with van der Waals surface area (Å²) in [5.74, 6) is 0.658. The lowest BCUT2D eigenvalue weighted by Gasteiger charge is -2.03. The van der Waals surface area contributed by atoms with Crippen LogP contribution in [0.25, 0.3) is 0 Å². The summed E-state index contributed by atoms with van der Waals surface area (Å²) < 4.78 is 5.11. The van der Waals surface area contributed by atoms with Gasteiger partial charge in [0.25, 0.3) is 5.24 Å². The first-order chi connectivity index (χ1) is 6.22. The minimum atomic E-state index is -0.496. The average Bonchev–Trinajstić information content (AvgIpc) is 2.15. The van der Waals surface area contributed by atoms with E-state index in [4.69, 9.17) is 16.3 Å². The van der Waals surface area contributed by atoms with Crippen LogP contribution in [0, 0.1) is 0 Å². The minimum absolute atomic E-state index is 0.0900. The van der Waals surface area contributed by atoms with Crippen molar-refractivity contribution in [2.24, 2.45) is 0 Å². The van der Waals surface area contributed by atoms with Crippen LogP contribution < -0.4 is 4.74 Å². The Morgan fingerprint density at radius 2 is 2.31 bits per heavy atom. The molecule has 0 bridgehead atoms. The van der Waals surface area contributed by atoms with E-state index in [9.17, 15) is 4.79 Å². The maximum absolute atomic E-state index is 10.4. The van der Waals surface area contributed by atoms with Gasteiger partial charge >= 0.3 is 0 Å². The van der Waals surface area contributed by atoms with Crippen molar-refractivity contribution < 1.29 is 9.53 Å². The third-order valence-electron chi connectivity index (χ3n) is 1.41. The summed E-state index contributed by atoms with van der Waals surface area (Å²) in [4.78, 5) is 10.4. The van der Waals surface area contributed by atoms with Crippen molar-refractivity contribution in [2.45, 2.75) is 5.33 Å². The number of hydrogen-bond acceptors (Lipinski definition) is 2. The first-order valence-corrected chi connectivity index (χ1v) is 5.18.